The molecule has 0 atom stereocenters. The van der Waals surface area contributed by atoms with Gasteiger partial charge in [0.2, 0.25) is 15.9 Å². The van der Waals surface area contributed by atoms with E-state index in [-0.39, 0.29) is 23.8 Å². The molecule has 1 aliphatic heterocycles. The summed E-state index contributed by atoms with van der Waals surface area (Å²) in [5.74, 6) is 0.0282. The highest BCUT2D eigenvalue weighted by Crippen LogP contribution is 2.10. The Morgan fingerprint density at radius 1 is 1.10 bits per heavy atom. The topological polar surface area (TPSA) is 66.5 Å². The fraction of sp³-hybridized carbons (Fsp3) is 0.500. The standard InChI is InChI=1S/C14H20N2O3S/c17-14(16-11-5-2-6-12-16)9-10-15-20(18,19)13-7-3-1-4-8-13/h1,3-4,7-8,15H,2,5-6,9-12H2. The van der Waals surface area contributed by atoms with Crippen molar-refractivity contribution in [2.24, 2.45) is 0 Å². The number of rotatable bonds is 5. The van der Waals surface area contributed by atoms with Crippen LogP contribution in [0.2, 0.25) is 0 Å². The maximum atomic E-state index is 12.0. The molecule has 1 N–H and O–H groups in total. The molecule has 20 heavy (non-hydrogen) atoms. The van der Waals surface area contributed by atoms with Crippen molar-refractivity contribution in [2.45, 2.75) is 30.6 Å². The molecule has 0 bridgehead atoms. The summed E-state index contributed by atoms with van der Waals surface area (Å²) in [6.07, 6.45) is 3.47. The zero-order valence-electron chi connectivity index (χ0n) is 11.4. The first-order chi connectivity index (χ1) is 9.59. The first-order valence-corrected chi connectivity index (χ1v) is 8.40. The summed E-state index contributed by atoms with van der Waals surface area (Å²) >= 11 is 0. The van der Waals surface area contributed by atoms with Crippen LogP contribution >= 0.6 is 0 Å². The predicted molar refractivity (Wildman–Crippen MR) is 76.7 cm³/mol. The largest absolute Gasteiger partial charge is 0.343 e. The molecule has 1 aliphatic rings. The van der Waals surface area contributed by atoms with E-state index in [4.69, 9.17) is 0 Å². The molecular formula is C14H20N2O3S. The second-order valence-electron chi connectivity index (χ2n) is 4.90. The van der Waals surface area contributed by atoms with Crippen LogP contribution in [0.3, 0.4) is 0 Å². The number of sulfonamides is 1. The van der Waals surface area contributed by atoms with E-state index in [1.54, 1.807) is 18.2 Å². The lowest BCUT2D eigenvalue weighted by atomic mass is 10.1. The molecule has 0 aliphatic carbocycles. The van der Waals surface area contributed by atoms with Crippen molar-refractivity contribution in [3.05, 3.63) is 30.3 Å². The third kappa shape index (κ3) is 4.05. The molecule has 5 nitrogen and oxygen atoms in total. The van der Waals surface area contributed by atoms with Crippen LogP contribution in [0.5, 0.6) is 0 Å². The third-order valence-corrected chi connectivity index (χ3v) is 4.87. The number of piperidine rings is 1. The smallest absolute Gasteiger partial charge is 0.240 e. The van der Waals surface area contributed by atoms with E-state index in [2.05, 4.69) is 4.72 Å². The molecular weight excluding hydrogens is 276 g/mol. The minimum Gasteiger partial charge on any atom is -0.343 e. The minimum atomic E-state index is -3.51. The molecule has 6 heteroatoms. The Hall–Kier alpha value is -1.40. The molecule has 1 aromatic rings. The number of carbonyl (C=O) groups excluding carboxylic acids is 1. The average Bonchev–Trinajstić information content (AvgIpc) is 2.49. The number of hydrogen-bond acceptors (Lipinski definition) is 3. The fourth-order valence-corrected chi connectivity index (χ4v) is 3.33. The molecule has 110 valence electrons. The second-order valence-corrected chi connectivity index (χ2v) is 6.67. The van der Waals surface area contributed by atoms with Crippen molar-refractivity contribution in [3.8, 4) is 0 Å². The Balaban J connectivity index is 1.82. The van der Waals surface area contributed by atoms with Crippen LogP contribution in [0.25, 0.3) is 0 Å². The lowest BCUT2D eigenvalue weighted by Gasteiger charge is -2.26. The summed E-state index contributed by atoms with van der Waals surface area (Å²) in [5, 5.41) is 0. The van der Waals surface area contributed by atoms with E-state index < -0.39 is 10.0 Å². The Morgan fingerprint density at radius 2 is 1.75 bits per heavy atom. The summed E-state index contributed by atoms with van der Waals surface area (Å²) < 4.78 is 26.4. The van der Waals surface area contributed by atoms with Crippen LogP contribution in [0.1, 0.15) is 25.7 Å². The summed E-state index contributed by atoms with van der Waals surface area (Å²) in [6.45, 7) is 1.74. The summed E-state index contributed by atoms with van der Waals surface area (Å²) in [5.41, 5.74) is 0. The molecule has 0 unspecified atom stereocenters. The van der Waals surface area contributed by atoms with E-state index in [9.17, 15) is 13.2 Å². The molecule has 0 aromatic heterocycles. The van der Waals surface area contributed by atoms with Gasteiger partial charge in [-0.05, 0) is 31.4 Å². The first-order valence-electron chi connectivity index (χ1n) is 6.92. The third-order valence-electron chi connectivity index (χ3n) is 3.39. The normalized spacial score (nSPS) is 16.1. The Labute approximate surface area is 120 Å². The minimum absolute atomic E-state index is 0.0282. The number of hydrogen-bond donors (Lipinski definition) is 1. The van der Waals surface area contributed by atoms with E-state index in [0.717, 1.165) is 25.9 Å². The summed E-state index contributed by atoms with van der Waals surface area (Å²) in [4.78, 5) is 14.0. The highest BCUT2D eigenvalue weighted by molar-refractivity contribution is 7.89. The second kappa shape index (κ2) is 6.85. The van der Waals surface area contributed by atoms with Crippen molar-refractivity contribution in [1.82, 2.24) is 9.62 Å². The van der Waals surface area contributed by atoms with Crippen LogP contribution in [-0.2, 0) is 14.8 Å². The number of likely N-dealkylation sites (tertiary alicyclic amines) is 1. The lowest BCUT2D eigenvalue weighted by molar-refractivity contribution is -0.131. The number of nitrogens with one attached hydrogen (secondary N) is 1. The highest BCUT2D eigenvalue weighted by Gasteiger charge is 2.18. The van der Waals surface area contributed by atoms with Gasteiger partial charge in [0.25, 0.3) is 0 Å². The predicted octanol–water partition coefficient (Wildman–Crippen LogP) is 1.37. The van der Waals surface area contributed by atoms with Gasteiger partial charge in [0.05, 0.1) is 4.90 Å². The van der Waals surface area contributed by atoms with Crippen molar-refractivity contribution in [1.29, 1.82) is 0 Å². The Morgan fingerprint density at radius 3 is 2.40 bits per heavy atom. The van der Waals surface area contributed by atoms with Gasteiger partial charge in [-0.2, -0.15) is 0 Å². The van der Waals surface area contributed by atoms with Crippen molar-refractivity contribution in [2.75, 3.05) is 19.6 Å². The van der Waals surface area contributed by atoms with Gasteiger partial charge in [-0.3, -0.25) is 4.79 Å². The number of amides is 1. The average molecular weight is 296 g/mol. The van der Waals surface area contributed by atoms with Gasteiger partial charge in [-0.15, -0.1) is 0 Å². The van der Waals surface area contributed by atoms with Crippen molar-refractivity contribution >= 4 is 15.9 Å². The molecule has 1 saturated heterocycles. The summed E-state index contributed by atoms with van der Waals surface area (Å²) in [6, 6.07) is 8.18. The Kier molecular flexibility index (Phi) is 5.14. The fourth-order valence-electron chi connectivity index (χ4n) is 2.28. The van der Waals surface area contributed by atoms with Crippen LogP contribution in [0, 0.1) is 0 Å². The van der Waals surface area contributed by atoms with E-state index in [1.165, 1.54) is 18.6 Å². The van der Waals surface area contributed by atoms with Crippen LogP contribution in [0.15, 0.2) is 35.2 Å². The van der Waals surface area contributed by atoms with E-state index >= 15 is 0 Å². The number of benzene rings is 1. The molecule has 1 amide bonds. The number of carbonyl (C=O) groups is 1. The van der Waals surface area contributed by atoms with Crippen molar-refractivity contribution in [3.63, 3.8) is 0 Å². The van der Waals surface area contributed by atoms with Crippen LogP contribution in [-0.4, -0.2) is 38.9 Å². The van der Waals surface area contributed by atoms with Crippen molar-refractivity contribution < 1.29 is 13.2 Å². The molecule has 0 saturated carbocycles. The maximum absolute atomic E-state index is 12.0. The van der Waals surface area contributed by atoms with Gasteiger partial charge in [-0.25, -0.2) is 13.1 Å². The molecule has 1 fully saturated rings. The van der Waals surface area contributed by atoms with Gasteiger partial charge in [-0.1, -0.05) is 18.2 Å². The zero-order chi connectivity index (χ0) is 14.4. The quantitative estimate of drug-likeness (QED) is 0.892. The molecule has 1 heterocycles. The SMILES string of the molecule is O=C(CCNS(=O)(=O)c1ccccc1)N1CCCCC1. The molecule has 0 radical (unpaired) electrons. The lowest BCUT2D eigenvalue weighted by Crippen LogP contribution is -2.37. The van der Waals surface area contributed by atoms with Crippen LogP contribution < -0.4 is 4.72 Å². The molecule has 1 aromatic carbocycles. The highest BCUT2D eigenvalue weighted by atomic mass is 32.2. The van der Waals surface area contributed by atoms with Gasteiger partial charge >= 0.3 is 0 Å². The van der Waals surface area contributed by atoms with E-state index in [1.807, 2.05) is 4.90 Å². The monoisotopic (exact) mass is 296 g/mol. The molecule has 0 spiro atoms. The van der Waals surface area contributed by atoms with E-state index in [0.29, 0.717) is 0 Å². The van der Waals surface area contributed by atoms with Gasteiger partial charge in [0.15, 0.2) is 0 Å². The Bertz CT molecular complexity index is 537. The van der Waals surface area contributed by atoms with Gasteiger partial charge in [0.1, 0.15) is 0 Å². The maximum Gasteiger partial charge on any atom is 0.240 e. The number of nitrogens with zero attached hydrogens (tertiary/aromatic N) is 1. The van der Waals surface area contributed by atoms with Gasteiger partial charge in [0, 0.05) is 26.1 Å². The molecule has 2 rings (SSSR count). The summed E-state index contributed by atoms with van der Waals surface area (Å²) in [7, 11) is -3.51. The first kappa shape index (κ1) is 15.0. The zero-order valence-corrected chi connectivity index (χ0v) is 12.2. The van der Waals surface area contributed by atoms with Crippen LogP contribution in [0.4, 0.5) is 0 Å². The van der Waals surface area contributed by atoms with Gasteiger partial charge < -0.3 is 4.90 Å².